The minimum atomic E-state index is -0.372. The smallest absolute Gasteiger partial charge is 0.170 e. The van der Waals surface area contributed by atoms with Crippen molar-refractivity contribution in [2.24, 2.45) is 5.41 Å². The molecule has 0 heterocycles. The molecule has 1 saturated carbocycles. The van der Waals surface area contributed by atoms with E-state index in [9.17, 15) is 14.6 Å². The summed E-state index contributed by atoms with van der Waals surface area (Å²) in [5.74, 6) is -0.293. The lowest BCUT2D eigenvalue weighted by Crippen LogP contribution is -2.54. The molecule has 19 heavy (non-hydrogen) atoms. The Balaban J connectivity index is 1.79. The van der Waals surface area contributed by atoms with Crippen LogP contribution in [0.15, 0.2) is 24.3 Å². The number of benzene rings is 1. The van der Waals surface area contributed by atoms with E-state index in [2.05, 4.69) is 10.6 Å². The number of anilines is 1. The van der Waals surface area contributed by atoms with E-state index in [1.165, 1.54) is 12.1 Å². The molecule has 104 valence electrons. The Morgan fingerprint density at radius 2 is 1.84 bits per heavy atom. The van der Waals surface area contributed by atoms with Crippen molar-refractivity contribution in [3.05, 3.63) is 30.1 Å². The number of aliphatic hydroxyl groups is 2. The van der Waals surface area contributed by atoms with Crippen molar-refractivity contribution in [3.63, 3.8) is 0 Å². The lowest BCUT2D eigenvalue weighted by Gasteiger charge is -2.45. The van der Waals surface area contributed by atoms with Gasteiger partial charge < -0.3 is 20.8 Å². The number of thiocarbonyl (C=S) groups is 1. The van der Waals surface area contributed by atoms with E-state index in [1.807, 2.05) is 0 Å². The van der Waals surface area contributed by atoms with Gasteiger partial charge in [0.15, 0.2) is 5.11 Å². The number of nitrogens with one attached hydrogen (secondary N) is 2. The first-order valence-corrected chi connectivity index (χ1v) is 6.52. The second-order valence-electron chi connectivity index (χ2n) is 5.03. The van der Waals surface area contributed by atoms with E-state index in [1.54, 1.807) is 12.1 Å². The van der Waals surface area contributed by atoms with E-state index in [-0.39, 0.29) is 30.5 Å². The van der Waals surface area contributed by atoms with Gasteiger partial charge in [0.05, 0.1) is 13.2 Å². The normalized spacial score (nSPS) is 17.6. The van der Waals surface area contributed by atoms with Crippen molar-refractivity contribution in [1.82, 2.24) is 5.32 Å². The minimum absolute atomic E-state index is 0.0141. The van der Waals surface area contributed by atoms with Crippen LogP contribution in [0.25, 0.3) is 0 Å². The molecule has 6 heteroatoms. The van der Waals surface area contributed by atoms with Gasteiger partial charge in [0.25, 0.3) is 0 Å². The lowest BCUT2D eigenvalue weighted by molar-refractivity contribution is -0.0269. The molecule has 4 nitrogen and oxygen atoms in total. The minimum Gasteiger partial charge on any atom is -0.396 e. The Morgan fingerprint density at radius 1 is 1.26 bits per heavy atom. The SMILES string of the molecule is OCC1(CO)CC(NC(=S)Nc2ccc(F)cc2)C1. The standard InChI is InChI=1S/C13H17FN2O2S/c14-9-1-3-10(4-2-9)15-12(19)16-11-5-13(6-11,7-17)8-18/h1-4,11,17-18H,5-8H2,(H2,15,16,19). The molecule has 0 atom stereocenters. The molecule has 1 aliphatic carbocycles. The third-order valence-corrected chi connectivity index (χ3v) is 3.69. The summed E-state index contributed by atoms with van der Waals surface area (Å²) in [5, 5.41) is 24.9. The third kappa shape index (κ3) is 3.40. The highest BCUT2D eigenvalue weighted by molar-refractivity contribution is 7.80. The Morgan fingerprint density at radius 3 is 2.37 bits per heavy atom. The summed E-state index contributed by atoms with van der Waals surface area (Å²) in [5.41, 5.74) is 0.345. The highest BCUT2D eigenvalue weighted by Gasteiger charge is 2.43. The predicted molar refractivity (Wildman–Crippen MR) is 75.4 cm³/mol. The van der Waals surface area contributed by atoms with Crippen LogP contribution in [0.5, 0.6) is 0 Å². The summed E-state index contributed by atoms with van der Waals surface area (Å²) in [4.78, 5) is 0. The van der Waals surface area contributed by atoms with Crippen LogP contribution in [0.1, 0.15) is 12.8 Å². The van der Waals surface area contributed by atoms with Crippen LogP contribution in [-0.4, -0.2) is 34.6 Å². The molecule has 0 radical (unpaired) electrons. The average Bonchev–Trinajstić information content (AvgIpc) is 2.36. The van der Waals surface area contributed by atoms with E-state index >= 15 is 0 Å². The summed E-state index contributed by atoms with van der Waals surface area (Å²) in [6, 6.07) is 6.08. The lowest BCUT2D eigenvalue weighted by atomic mass is 9.66. The van der Waals surface area contributed by atoms with Crippen molar-refractivity contribution < 1.29 is 14.6 Å². The van der Waals surface area contributed by atoms with Crippen LogP contribution in [0, 0.1) is 11.2 Å². The van der Waals surface area contributed by atoms with Gasteiger partial charge in [-0.25, -0.2) is 4.39 Å². The number of halogens is 1. The van der Waals surface area contributed by atoms with Gasteiger partial charge in [0.1, 0.15) is 5.82 Å². The van der Waals surface area contributed by atoms with Gasteiger partial charge in [-0.15, -0.1) is 0 Å². The van der Waals surface area contributed by atoms with E-state index < -0.39 is 0 Å². The zero-order valence-electron chi connectivity index (χ0n) is 10.4. The van der Waals surface area contributed by atoms with Gasteiger partial charge in [-0.3, -0.25) is 0 Å². The highest BCUT2D eigenvalue weighted by Crippen LogP contribution is 2.40. The largest absolute Gasteiger partial charge is 0.396 e. The van der Waals surface area contributed by atoms with E-state index in [0.717, 1.165) is 0 Å². The summed E-state index contributed by atoms with van der Waals surface area (Å²) >= 11 is 5.15. The molecule has 4 N–H and O–H groups in total. The number of rotatable bonds is 4. The quantitative estimate of drug-likeness (QED) is 0.627. The molecule has 0 saturated heterocycles. The van der Waals surface area contributed by atoms with Gasteiger partial charge in [-0.1, -0.05) is 0 Å². The predicted octanol–water partition coefficient (Wildman–Crippen LogP) is 1.25. The third-order valence-electron chi connectivity index (χ3n) is 3.47. The highest BCUT2D eigenvalue weighted by atomic mass is 32.1. The molecule has 0 aliphatic heterocycles. The van der Waals surface area contributed by atoms with Gasteiger partial charge in [-0.2, -0.15) is 0 Å². The molecule has 0 spiro atoms. The van der Waals surface area contributed by atoms with Crippen LogP contribution in [-0.2, 0) is 0 Å². The van der Waals surface area contributed by atoms with Crippen molar-refractivity contribution >= 4 is 23.0 Å². The van der Waals surface area contributed by atoms with Crippen molar-refractivity contribution in [3.8, 4) is 0 Å². The number of hydrogen-bond acceptors (Lipinski definition) is 3. The average molecular weight is 284 g/mol. The topological polar surface area (TPSA) is 64.5 Å². The Bertz CT molecular complexity index is 440. The Labute approximate surface area is 116 Å². The molecule has 0 unspecified atom stereocenters. The van der Waals surface area contributed by atoms with Crippen molar-refractivity contribution in [1.29, 1.82) is 0 Å². The van der Waals surface area contributed by atoms with Crippen LogP contribution in [0.4, 0.5) is 10.1 Å². The van der Waals surface area contributed by atoms with Gasteiger partial charge in [0.2, 0.25) is 0 Å². The van der Waals surface area contributed by atoms with Gasteiger partial charge in [0, 0.05) is 17.1 Å². The fourth-order valence-corrected chi connectivity index (χ4v) is 2.57. The summed E-state index contributed by atoms with van der Waals surface area (Å²) in [6.45, 7) is -0.0281. The Hall–Kier alpha value is -1.24. The molecule has 1 aromatic carbocycles. The van der Waals surface area contributed by atoms with E-state index in [0.29, 0.717) is 23.6 Å². The second kappa shape index (κ2) is 5.81. The maximum Gasteiger partial charge on any atom is 0.170 e. The molecule has 1 aliphatic rings. The molecule has 0 amide bonds. The van der Waals surface area contributed by atoms with Crippen LogP contribution >= 0.6 is 12.2 Å². The molecule has 1 aromatic rings. The second-order valence-corrected chi connectivity index (χ2v) is 5.44. The zero-order valence-corrected chi connectivity index (χ0v) is 11.2. The van der Waals surface area contributed by atoms with Crippen LogP contribution < -0.4 is 10.6 Å². The molecule has 0 bridgehead atoms. The van der Waals surface area contributed by atoms with E-state index in [4.69, 9.17) is 12.2 Å². The summed E-state index contributed by atoms with van der Waals surface area (Å²) < 4.78 is 12.7. The number of hydrogen-bond donors (Lipinski definition) is 4. The van der Waals surface area contributed by atoms with Crippen LogP contribution in [0.3, 0.4) is 0 Å². The van der Waals surface area contributed by atoms with Crippen molar-refractivity contribution in [2.75, 3.05) is 18.5 Å². The Kier molecular flexibility index (Phi) is 4.34. The van der Waals surface area contributed by atoms with Crippen molar-refractivity contribution in [2.45, 2.75) is 18.9 Å². The molecular weight excluding hydrogens is 267 g/mol. The maximum atomic E-state index is 12.7. The molecule has 1 fully saturated rings. The molecule has 0 aromatic heterocycles. The summed E-state index contributed by atoms with van der Waals surface area (Å²) in [7, 11) is 0. The first kappa shape index (κ1) is 14.2. The summed E-state index contributed by atoms with van der Waals surface area (Å²) in [6.07, 6.45) is 1.37. The number of aliphatic hydroxyl groups excluding tert-OH is 2. The molecule has 2 rings (SSSR count). The van der Waals surface area contributed by atoms with Gasteiger partial charge >= 0.3 is 0 Å². The maximum absolute atomic E-state index is 12.7. The zero-order chi connectivity index (χ0) is 13.9. The van der Waals surface area contributed by atoms with Crippen LogP contribution in [0.2, 0.25) is 0 Å². The fourth-order valence-electron chi connectivity index (χ4n) is 2.28. The van der Waals surface area contributed by atoms with Gasteiger partial charge in [-0.05, 0) is 49.3 Å². The first-order chi connectivity index (χ1) is 9.07. The fraction of sp³-hybridized carbons (Fsp3) is 0.462. The molecular formula is C13H17FN2O2S. The monoisotopic (exact) mass is 284 g/mol. The first-order valence-electron chi connectivity index (χ1n) is 6.12.